The maximum atomic E-state index is 5.61. The van der Waals surface area contributed by atoms with E-state index in [2.05, 4.69) is 95.3 Å². The van der Waals surface area contributed by atoms with Gasteiger partial charge in [0.05, 0.1) is 0 Å². The average molecular weight is 446 g/mol. The first-order valence-corrected chi connectivity index (χ1v) is 9.95. The number of rotatable bonds is 2. The molecule has 0 spiro atoms. The van der Waals surface area contributed by atoms with Gasteiger partial charge < -0.3 is 0 Å². The molecule has 0 N–H and O–H groups in total. The first kappa shape index (κ1) is 17.1. The molecule has 0 aliphatic heterocycles. The lowest BCUT2D eigenvalue weighted by atomic mass is 9.93. The molecule has 0 atom stereocenters. The van der Waals surface area contributed by atoms with Crippen LogP contribution >= 0.6 is 22.6 Å². The van der Waals surface area contributed by atoms with Gasteiger partial charge in [0.25, 0.3) is 0 Å². The molecule has 0 amide bonds. The van der Waals surface area contributed by atoms with Crippen molar-refractivity contribution in [1.29, 1.82) is 0 Å². The van der Waals surface area contributed by atoms with E-state index < -0.39 is 0 Å². The normalized spacial score (nSPS) is 14.5. The van der Waals surface area contributed by atoms with Gasteiger partial charge in [0.15, 0.2) is 0 Å². The number of hydrogen-bond donors (Lipinski definition) is 0. The van der Waals surface area contributed by atoms with E-state index in [9.17, 15) is 0 Å². The first-order valence-electron chi connectivity index (χ1n) is 8.88. The Morgan fingerprint density at radius 3 is 2.77 bits per heavy atom. The Balaban J connectivity index is 1.76. The third-order valence-corrected chi connectivity index (χ3v) is 5.61. The monoisotopic (exact) mass is 446 g/mol. The molecule has 0 saturated heterocycles. The van der Waals surface area contributed by atoms with Crippen molar-refractivity contribution in [2.45, 2.75) is 19.3 Å². The minimum Gasteiger partial charge on any atom is -0.115 e. The van der Waals surface area contributed by atoms with Crippen LogP contribution in [0.25, 0.3) is 29.0 Å². The van der Waals surface area contributed by atoms with Crippen LogP contribution in [0.5, 0.6) is 0 Å². The lowest BCUT2D eigenvalue weighted by Crippen LogP contribution is -2.30. The number of allylic oxidation sites excluding steroid dienone is 1. The van der Waals surface area contributed by atoms with Crippen molar-refractivity contribution in [3.8, 4) is 12.3 Å². The maximum absolute atomic E-state index is 5.61. The van der Waals surface area contributed by atoms with Crippen molar-refractivity contribution < 1.29 is 0 Å². The SMILES string of the molecule is C#C/C=c1/c2c(cc/c1=C/Cc1ccc3cc(I)ccc3c1)C=CCC2. The Bertz CT molecular complexity index is 1170. The van der Waals surface area contributed by atoms with E-state index in [4.69, 9.17) is 6.42 Å². The molecule has 0 aromatic heterocycles. The van der Waals surface area contributed by atoms with Crippen molar-refractivity contribution in [2.75, 3.05) is 0 Å². The van der Waals surface area contributed by atoms with Gasteiger partial charge in [0, 0.05) is 3.57 Å². The van der Waals surface area contributed by atoms with Crippen molar-refractivity contribution in [3.63, 3.8) is 0 Å². The zero-order valence-electron chi connectivity index (χ0n) is 14.5. The molecule has 1 aliphatic carbocycles. The first-order chi connectivity index (χ1) is 12.7. The topological polar surface area (TPSA) is 0 Å². The molecule has 1 heteroatoms. The minimum atomic E-state index is 0.905. The molecule has 0 bridgehead atoms. The van der Waals surface area contributed by atoms with E-state index in [0.29, 0.717) is 0 Å². The van der Waals surface area contributed by atoms with Crippen LogP contribution in [0.4, 0.5) is 0 Å². The Hall–Kier alpha value is -2.31. The molecule has 0 nitrogen and oxygen atoms in total. The van der Waals surface area contributed by atoms with E-state index in [1.54, 1.807) is 0 Å². The largest absolute Gasteiger partial charge is 0.115 e. The molecule has 0 heterocycles. The summed E-state index contributed by atoms with van der Waals surface area (Å²) in [6, 6.07) is 17.7. The molecule has 3 aromatic carbocycles. The quantitative estimate of drug-likeness (QED) is 0.391. The van der Waals surface area contributed by atoms with Crippen LogP contribution in [0.2, 0.25) is 0 Å². The van der Waals surface area contributed by atoms with E-state index in [1.807, 2.05) is 6.08 Å². The molecule has 0 unspecified atom stereocenters. The lowest BCUT2D eigenvalue weighted by Gasteiger charge is -2.11. The summed E-state index contributed by atoms with van der Waals surface area (Å²) in [6.07, 6.45) is 17.3. The van der Waals surface area contributed by atoms with Gasteiger partial charge in [-0.25, -0.2) is 0 Å². The van der Waals surface area contributed by atoms with Crippen molar-refractivity contribution in [3.05, 3.63) is 85.3 Å². The summed E-state index contributed by atoms with van der Waals surface area (Å²) in [5, 5.41) is 5.04. The van der Waals surface area contributed by atoms with Gasteiger partial charge in [-0.1, -0.05) is 60.5 Å². The summed E-state index contributed by atoms with van der Waals surface area (Å²) in [7, 11) is 0. The number of terminal acetylenes is 1. The minimum absolute atomic E-state index is 0.905. The summed E-state index contributed by atoms with van der Waals surface area (Å²) in [5.41, 5.74) is 4.01. The molecule has 0 radical (unpaired) electrons. The van der Waals surface area contributed by atoms with Crippen molar-refractivity contribution in [1.82, 2.24) is 0 Å². The Morgan fingerprint density at radius 1 is 1.04 bits per heavy atom. The molecule has 3 aromatic rings. The van der Waals surface area contributed by atoms with Gasteiger partial charge in [-0.15, -0.1) is 6.42 Å². The highest BCUT2D eigenvalue weighted by Crippen LogP contribution is 2.19. The lowest BCUT2D eigenvalue weighted by molar-refractivity contribution is 0.972. The zero-order valence-corrected chi connectivity index (χ0v) is 16.7. The van der Waals surface area contributed by atoms with Gasteiger partial charge in [-0.05, 0) is 98.0 Å². The Labute approximate surface area is 168 Å². The second kappa shape index (κ2) is 7.51. The van der Waals surface area contributed by atoms with Crippen LogP contribution < -0.4 is 10.4 Å². The Morgan fingerprint density at radius 2 is 1.88 bits per heavy atom. The van der Waals surface area contributed by atoms with Gasteiger partial charge in [0.1, 0.15) is 0 Å². The van der Waals surface area contributed by atoms with Gasteiger partial charge in [-0.3, -0.25) is 0 Å². The molecule has 0 fully saturated rings. The molecule has 4 rings (SSSR count). The van der Waals surface area contributed by atoms with E-state index in [1.165, 1.54) is 41.5 Å². The predicted molar refractivity (Wildman–Crippen MR) is 121 cm³/mol. The fourth-order valence-electron chi connectivity index (χ4n) is 3.63. The maximum Gasteiger partial charge on any atom is 0.0136 e. The average Bonchev–Trinajstić information content (AvgIpc) is 2.67. The summed E-state index contributed by atoms with van der Waals surface area (Å²) in [5.74, 6) is 2.73. The molecular formula is C25H19I. The number of fused-ring (bicyclic) bond motifs is 2. The summed E-state index contributed by atoms with van der Waals surface area (Å²) < 4.78 is 1.27. The second-order valence-corrected chi connectivity index (χ2v) is 7.87. The number of halogens is 1. The van der Waals surface area contributed by atoms with E-state index in [0.717, 1.165) is 19.3 Å². The molecule has 126 valence electrons. The van der Waals surface area contributed by atoms with Gasteiger partial charge in [0.2, 0.25) is 0 Å². The predicted octanol–water partition coefficient (Wildman–Crippen LogP) is 4.84. The highest BCUT2D eigenvalue weighted by molar-refractivity contribution is 14.1. The van der Waals surface area contributed by atoms with Crippen LogP contribution in [-0.2, 0) is 12.8 Å². The number of hydrogen-bond acceptors (Lipinski definition) is 0. The van der Waals surface area contributed by atoms with E-state index >= 15 is 0 Å². The van der Waals surface area contributed by atoms with Gasteiger partial charge >= 0.3 is 0 Å². The zero-order chi connectivity index (χ0) is 17.9. The molecule has 0 saturated carbocycles. The van der Waals surface area contributed by atoms with Crippen LogP contribution in [0.3, 0.4) is 0 Å². The third-order valence-electron chi connectivity index (χ3n) is 4.94. The summed E-state index contributed by atoms with van der Waals surface area (Å²) >= 11 is 2.36. The standard InChI is InChI=1S/C25H19I/c1-2-5-24-20(13-12-19-6-3-4-7-25(19)24)10-8-18-9-11-22-17-23(26)15-14-21(22)16-18/h1,3,5-6,9-17H,4,7-8H2/b20-10-,24-5+. The van der Waals surface area contributed by atoms with Crippen LogP contribution in [0.15, 0.2) is 54.6 Å². The molecule has 1 aliphatic rings. The third kappa shape index (κ3) is 3.48. The Kier molecular flexibility index (Phi) is 4.95. The fourth-order valence-corrected chi connectivity index (χ4v) is 4.14. The fraction of sp³-hybridized carbons (Fsp3) is 0.120. The van der Waals surface area contributed by atoms with Gasteiger partial charge in [-0.2, -0.15) is 0 Å². The smallest absolute Gasteiger partial charge is 0.0136 e. The van der Waals surface area contributed by atoms with Crippen LogP contribution in [-0.4, -0.2) is 0 Å². The second-order valence-electron chi connectivity index (χ2n) is 6.62. The highest BCUT2D eigenvalue weighted by Gasteiger charge is 2.06. The summed E-state index contributed by atoms with van der Waals surface area (Å²) in [4.78, 5) is 0. The number of benzene rings is 3. The summed E-state index contributed by atoms with van der Waals surface area (Å²) in [6.45, 7) is 0. The van der Waals surface area contributed by atoms with Crippen molar-refractivity contribution in [2.24, 2.45) is 0 Å². The molecule has 26 heavy (non-hydrogen) atoms. The van der Waals surface area contributed by atoms with Crippen molar-refractivity contribution >= 4 is 51.6 Å². The highest BCUT2D eigenvalue weighted by atomic mass is 127. The molecular weight excluding hydrogens is 427 g/mol. The van der Waals surface area contributed by atoms with Crippen LogP contribution in [0.1, 0.15) is 23.1 Å². The van der Waals surface area contributed by atoms with E-state index in [-0.39, 0.29) is 0 Å². The van der Waals surface area contributed by atoms with Crippen LogP contribution in [0, 0.1) is 15.9 Å².